The number of ether oxygens (including phenoxy) is 2. The normalized spacial score (nSPS) is 18.6. The first-order chi connectivity index (χ1) is 12.9. The Balaban J connectivity index is 2.22. The zero-order valence-electron chi connectivity index (χ0n) is 16.9. The standard InChI is InChI=1S/C19H25BClFO6/c1-7-25-16(23)8-11(2)26-17(24)12-9-13(15(22)10-14(12)21)20-27-18(3,4)19(5,6)28-20/h9-11H,7-8H2,1-6H3/t11-/m0/s1. The fourth-order valence-corrected chi connectivity index (χ4v) is 2.84. The van der Waals surface area contributed by atoms with Gasteiger partial charge < -0.3 is 18.8 Å². The fourth-order valence-electron chi connectivity index (χ4n) is 2.62. The minimum absolute atomic E-state index is 0.0384. The van der Waals surface area contributed by atoms with Gasteiger partial charge >= 0.3 is 19.1 Å². The van der Waals surface area contributed by atoms with Crippen LogP contribution in [-0.2, 0) is 23.6 Å². The van der Waals surface area contributed by atoms with Crippen LogP contribution < -0.4 is 5.46 Å². The van der Waals surface area contributed by atoms with Crippen molar-refractivity contribution in [1.82, 2.24) is 0 Å². The lowest BCUT2D eigenvalue weighted by Gasteiger charge is -2.32. The quantitative estimate of drug-likeness (QED) is 0.525. The zero-order valence-corrected chi connectivity index (χ0v) is 17.7. The van der Waals surface area contributed by atoms with E-state index < -0.39 is 42.2 Å². The highest BCUT2D eigenvalue weighted by Gasteiger charge is 2.52. The zero-order chi connectivity index (χ0) is 21.3. The number of carbonyl (C=O) groups excluding carboxylic acids is 2. The Morgan fingerprint density at radius 2 is 1.79 bits per heavy atom. The second-order valence-corrected chi connectivity index (χ2v) is 8.07. The van der Waals surface area contributed by atoms with E-state index in [0.717, 1.165) is 6.07 Å². The predicted molar refractivity (Wildman–Crippen MR) is 103 cm³/mol. The summed E-state index contributed by atoms with van der Waals surface area (Å²) in [6.07, 6.45) is -0.823. The van der Waals surface area contributed by atoms with Crippen LogP contribution in [0.4, 0.5) is 4.39 Å². The average Bonchev–Trinajstić information content (AvgIpc) is 2.74. The van der Waals surface area contributed by atoms with Gasteiger partial charge in [0, 0.05) is 5.46 Å². The third-order valence-corrected chi connectivity index (χ3v) is 5.19. The van der Waals surface area contributed by atoms with E-state index in [2.05, 4.69) is 0 Å². The van der Waals surface area contributed by atoms with Crippen LogP contribution >= 0.6 is 11.6 Å². The Labute approximate surface area is 169 Å². The van der Waals surface area contributed by atoms with Gasteiger partial charge in [-0.2, -0.15) is 0 Å². The molecule has 0 radical (unpaired) electrons. The van der Waals surface area contributed by atoms with E-state index in [9.17, 15) is 14.0 Å². The molecule has 28 heavy (non-hydrogen) atoms. The monoisotopic (exact) mass is 414 g/mol. The third-order valence-electron chi connectivity index (χ3n) is 4.88. The molecule has 1 aromatic rings. The van der Waals surface area contributed by atoms with Gasteiger partial charge in [-0.25, -0.2) is 9.18 Å². The van der Waals surface area contributed by atoms with Crippen molar-refractivity contribution in [3.05, 3.63) is 28.5 Å². The molecule has 0 spiro atoms. The summed E-state index contributed by atoms with van der Waals surface area (Å²) in [7, 11) is -0.995. The Bertz CT molecular complexity index is 751. The summed E-state index contributed by atoms with van der Waals surface area (Å²) in [4.78, 5) is 24.0. The van der Waals surface area contributed by atoms with Crippen LogP contribution in [0.15, 0.2) is 12.1 Å². The molecule has 0 N–H and O–H groups in total. The third kappa shape index (κ3) is 4.85. The van der Waals surface area contributed by atoms with Crippen molar-refractivity contribution in [2.75, 3.05) is 6.61 Å². The lowest BCUT2D eigenvalue weighted by Crippen LogP contribution is -2.41. The minimum Gasteiger partial charge on any atom is -0.466 e. The largest absolute Gasteiger partial charge is 0.497 e. The molecule has 1 aliphatic rings. The maximum atomic E-state index is 14.5. The summed E-state index contributed by atoms with van der Waals surface area (Å²) in [5.74, 6) is -1.91. The maximum absolute atomic E-state index is 14.5. The van der Waals surface area contributed by atoms with E-state index in [1.54, 1.807) is 13.8 Å². The highest BCUT2D eigenvalue weighted by atomic mass is 35.5. The van der Waals surface area contributed by atoms with Crippen LogP contribution in [0.3, 0.4) is 0 Å². The van der Waals surface area contributed by atoms with Crippen LogP contribution in [-0.4, -0.2) is 43.0 Å². The Morgan fingerprint density at radius 1 is 1.21 bits per heavy atom. The van der Waals surface area contributed by atoms with Gasteiger partial charge in [-0.1, -0.05) is 11.6 Å². The van der Waals surface area contributed by atoms with Gasteiger partial charge in [0.25, 0.3) is 0 Å². The minimum atomic E-state index is -0.995. The van der Waals surface area contributed by atoms with Crippen molar-refractivity contribution in [2.24, 2.45) is 0 Å². The molecule has 2 rings (SSSR count). The second-order valence-electron chi connectivity index (χ2n) is 7.67. The molecular formula is C19H25BClFO6. The molecule has 1 fully saturated rings. The van der Waals surface area contributed by atoms with E-state index in [4.69, 9.17) is 30.4 Å². The molecule has 0 amide bonds. The van der Waals surface area contributed by atoms with E-state index >= 15 is 0 Å². The van der Waals surface area contributed by atoms with Crippen molar-refractivity contribution in [2.45, 2.75) is 65.3 Å². The summed E-state index contributed by atoms with van der Waals surface area (Å²) in [6, 6.07) is 2.29. The summed E-state index contributed by atoms with van der Waals surface area (Å²) < 4.78 is 36.3. The first-order valence-electron chi connectivity index (χ1n) is 9.09. The topological polar surface area (TPSA) is 71.1 Å². The summed E-state index contributed by atoms with van der Waals surface area (Å²) >= 11 is 6.04. The van der Waals surface area contributed by atoms with Crippen LogP contribution in [0, 0.1) is 5.82 Å². The SMILES string of the molecule is CCOC(=O)C[C@H](C)OC(=O)c1cc(B2OC(C)(C)C(C)(C)O2)c(F)cc1Cl. The average molecular weight is 415 g/mol. The lowest BCUT2D eigenvalue weighted by molar-refractivity contribution is -0.145. The maximum Gasteiger partial charge on any atom is 0.497 e. The van der Waals surface area contributed by atoms with E-state index in [1.807, 2.05) is 27.7 Å². The van der Waals surface area contributed by atoms with Crippen molar-refractivity contribution in [1.29, 1.82) is 0 Å². The molecule has 1 aliphatic heterocycles. The number of esters is 2. The fraction of sp³-hybridized carbons (Fsp3) is 0.579. The van der Waals surface area contributed by atoms with Crippen LogP contribution in [0.25, 0.3) is 0 Å². The van der Waals surface area contributed by atoms with Crippen LogP contribution in [0.5, 0.6) is 0 Å². The van der Waals surface area contributed by atoms with Gasteiger partial charge in [-0.05, 0) is 53.7 Å². The molecule has 0 unspecified atom stereocenters. The molecular weight excluding hydrogens is 389 g/mol. The molecule has 0 aromatic heterocycles. The summed E-state index contributed by atoms with van der Waals surface area (Å²) in [5, 5.41) is -0.105. The Morgan fingerprint density at radius 3 is 2.32 bits per heavy atom. The molecule has 1 heterocycles. The van der Waals surface area contributed by atoms with Crippen molar-refractivity contribution >= 4 is 36.1 Å². The van der Waals surface area contributed by atoms with E-state index in [0.29, 0.717) is 0 Å². The van der Waals surface area contributed by atoms with Crippen LogP contribution in [0.1, 0.15) is 58.3 Å². The number of benzene rings is 1. The number of rotatable bonds is 6. The van der Waals surface area contributed by atoms with Gasteiger partial charge in [0.15, 0.2) is 0 Å². The number of halogens is 2. The Hall–Kier alpha value is -1.64. The molecule has 1 saturated heterocycles. The highest BCUT2D eigenvalue weighted by molar-refractivity contribution is 6.62. The Kier molecular flexibility index (Phi) is 6.79. The van der Waals surface area contributed by atoms with Crippen LogP contribution in [0.2, 0.25) is 5.02 Å². The molecule has 154 valence electrons. The lowest BCUT2D eigenvalue weighted by atomic mass is 9.78. The van der Waals surface area contributed by atoms with Gasteiger partial charge in [-0.15, -0.1) is 0 Å². The molecule has 6 nitrogen and oxygen atoms in total. The molecule has 0 bridgehead atoms. The van der Waals surface area contributed by atoms with Crippen molar-refractivity contribution < 1.29 is 32.8 Å². The summed E-state index contributed by atoms with van der Waals surface area (Å²) in [6.45, 7) is 10.8. The smallest absolute Gasteiger partial charge is 0.466 e. The van der Waals surface area contributed by atoms with Crippen molar-refractivity contribution in [3.63, 3.8) is 0 Å². The first kappa shape index (κ1) is 22.7. The molecule has 0 aliphatic carbocycles. The first-order valence-corrected chi connectivity index (χ1v) is 9.47. The number of hydrogen-bond acceptors (Lipinski definition) is 6. The second kappa shape index (κ2) is 8.39. The van der Waals surface area contributed by atoms with E-state index in [-0.39, 0.29) is 29.1 Å². The van der Waals surface area contributed by atoms with Gasteiger partial charge in [0.1, 0.15) is 11.9 Å². The summed E-state index contributed by atoms with van der Waals surface area (Å²) in [5.41, 5.74) is -1.33. The molecule has 9 heteroatoms. The molecule has 0 saturated carbocycles. The number of carbonyl (C=O) groups is 2. The molecule has 1 atom stereocenters. The van der Waals surface area contributed by atoms with Gasteiger partial charge in [-0.3, -0.25) is 4.79 Å². The van der Waals surface area contributed by atoms with E-state index in [1.165, 1.54) is 6.07 Å². The predicted octanol–water partition coefficient (Wildman–Crippen LogP) is 3.28. The van der Waals surface area contributed by atoms with Crippen molar-refractivity contribution in [3.8, 4) is 0 Å². The van der Waals surface area contributed by atoms with Gasteiger partial charge in [0.2, 0.25) is 0 Å². The number of hydrogen-bond donors (Lipinski definition) is 0. The van der Waals surface area contributed by atoms with Gasteiger partial charge in [0.05, 0.1) is 34.8 Å². The highest BCUT2D eigenvalue weighted by Crippen LogP contribution is 2.37. The molecule has 1 aromatic carbocycles.